The third kappa shape index (κ3) is 13.1. The molecule has 0 amide bonds. The zero-order valence-electron chi connectivity index (χ0n) is 10.4. The average Bonchev–Trinajstić information content (AvgIpc) is 2.30. The number of unbranched alkanes of at least 4 members (excludes halogenated alkanes) is 1. The molecule has 0 rings (SSSR count). The number of nitrogens with one attached hydrogen (secondary N) is 2. The van der Waals surface area contributed by atoms with Gasteiger partial charge in [-0.2, -0.15) is 0 Å². The lowest BCUT2D eigenvalue weighted by Crippen LogP contribution is -2.34. The molecule has 0 aromatic carbocycles. The van der Waals surface area contributed by atoms with Crippen LogP contribution >= 0.6 is 0 Å². The van der Waals surface area contributed by atoms with E-state index < -0.39 is 0 Å². The van der Waals surface area contributed by atoms with Gasteiger partial charge in [-0.15, -0.1) is 0 Å². The molecule has 0 aliphatic rings. The molecule has 100 valence electrons. The van der Waals surface area contributed by atoms with Crippen LogP contribution in [-0.4, -0.2) is 36.0 Å². The first kappa shape index (κ1) is 16.1. The molecule has 1 unspecified atom stereocenters. The summed E-state index contributed by atoms with van der Waals surface area (Å²) in [5, 5.41) is 17.5. The highest BCUT2D eigenvalue weighted by atomic mass is 16.3. The third-order valence-corrected chi connectivity index (χ3v) is 2.22. The molecule has 0 aliphatic carbocycles. The lowest BCUT2D eigenvalue weighted by Gasteiger charge is -2.09. The highest BCUT2D eigenvalue weighted by molar-refractivity contribution is 5.04. The van der Waals surface area contributed by atoms with Gasteiger partial charge in [0.1, 0.15) is 5.76 Å². The summed E-state index contributed by atoms with van der Waals surface area (Å²) >= 11 is 0. The molecule has 1 atom stereocenters. The van der Waals surface area contributed by atoms with Crippen LogP contribution in [-0.2, 0) is 0 Å². The molecule has 0 radical (unpaired) electrons. The highest BCUT2D eigenvalue weighted by Crippen LogP contribution is 1.93. The minimum Gasteiger partial charge on any atom is -0.509 e. The smallest absolute Gasteiger partial charge is 0.108 e. The molecule has 0 saturated carbocycles. The quantitative estimate of drug-likeness (QED) is 0.159. The number of hydrazine groups is 1. The van der Waals surface area contributed by atoms with Gasteiger partial charge in [-0.05, 0) is 31.8 Å². The van der Waals surface area contributed by atoms with E-state index in [1.807, 2.05) is 6.08 Å². The van der Waals surface area contributed by atoms with E-state index in [9.17, 15) is 0 Å². The van der Waals surface area contributed by atoms with Crippen LogP contribution in [0.4, 0.5) is 0 Å². The summed E-state index contributed by atoms with van der Waals surface area (Å²) in [6.07, 6.45) is 7.16. The zero-order chi connectivity index (χ0) is 12.9. The number of rotatable bonds is 11. The normalized spacial score (nSPS) is 13.1. The maximum atomic E-state index is 8.78. The van der Waals surface area contributed by atoms with Crippen molar-refractivity contribution in [1.82, 2.24) is 10.9 Å². The fourth-order valence-electron chi connectivity index (χ4n) is 1.25. The molecular weight excluding hydrogens is 218 g/mol. The van der Waals surface area contributed by atoms with Gasteiger partial charge < -0.3 is 15.9 Å². The molecular formula is C12H25N3O2. The molecule has 0 aromatic rings. The molecule has 0 spiro atoms. The summed E-state index contributed by atoms with van der Waals surface area (Å²) in [7, 11) is 0. The Hall–Kier alpha value is -0.880. The molecule has 0 fully saturated rings. The van der Waals surface area contributed by atoms with Gasteiger partial charge in [0.2, 0.25) is 0 Å². The van der Waals surface area contributed by atoms with E-state index in [1.54, 1.807) is 6.08 Å². The Morgan fingerprint density at radius 2 is 1.94 bits per heavy atom. The van der Waals surface area contributed by atoms with E-state index in [-0.39, 0.29) is 18.4 Å². The van der Waals surface area contributed by atoms with Crippen molar-refractivity contribution in [3.8, 4) is 0 Å². The predicted molar refractivity (Wildman–Crippen MR) is 70.4 cm³/mol. The van der Waals surface area contributed by atoms with Crippen molar-refractivity contribution in [2.45, 2.75) is 31.7 Å². The average molecular weight is 243 g/mol. The van der Waals surface area contributed by atoms with Gasteiger partial charge in [0.15, 0.2) is 0 Å². The van der Waals surface area contributed by atoms with Crippen LogP contribution in [0.15, 0.2) is 24.5 Å². The minimum atomic E-state index is -0.103. The molecule has 0 saturated heterocycles. The maximum absolute atomic E-state index is 8.78. The van der Waals surface area contributed by atoms with Crippen LogP contribution in [0.25, 0.3) is 0 Å². The van der Waals surface area contributed by atoms with Crippen LogP contribution in [0, 0.1) is 0 Å². The first-order valence-electron chi connectivity index (χ1n) is 6.03. The van der Waals surface area contributed by atoms with E-state index in [1.165, 1.54) is 0 Å². The SMILES string of the molecule is C=C(O)/C=C\CCCNNCCCC(N)CO. The second-order valence-corrected chi connectivity index (χ2v) is 3.97. The summed E-state index contributed by atoms with van der Waals surface area (Å²) in [5.74, 6) is 0.0938. The predicted octanol–water partition coefficient (Wildman–Crippen LogP) is 0.589. The van der Waals surface area contributed by atoms with Gasteiger partial charge in [0, 0.05) is 19.1 Å². The van der Waals surface area contributed by atoms with Crippen molar-refractivity contribution in [2.24, 2.45) is 5.73 Å². The largest absolute Gasteiger partial charge is 0.509 e. The van der Waals surface area contributed by atoms with Crippen molar-refractivity contribution < 1.29 is 10.2 Å². The second kappa shape index (κ2) is 11.6. The minimum absolute atomic E-state index is 0.0515. The number of hydrogen-bond acceptors (Lipinski definition) is 5. The van der Waals surface area contributed by atoms with Crippen molar-refractivity contribution in [2.75, 3.05) is 19.7 Å². The Balaban J connectivity index is 3.11. The zero-order valence-corrected chi connectivity index (χ0v) is 10.4. The van der Waals surface area contributed by atoms with Crippen molar-refractivity contribution >= 4 is 0 Å². The Morgan fingerprint density at radius 3 is 2.53 bits per heavy atom. The highest BCUT2D eigenvalue weighted by Gasteiger charge is 1.98. The van der Waals surface area contributed by atoms with E-state index in [4.69, 9.17) is 15.9 Å². The topological polar surface area (TPSA) is 90.5 Å². The monoisotopic (exact) mass is 243 g/mol. The molecule has 5 nitrogen and oxygen atoms in total. The van der Waals surface area contributed by atoms with Crippen LogP contribution in [0.5, 0.6) is 0 Å². The van der Waals surface area contributed by atoms with Crippen molar-refractivity contribution in [1.29, 1.82) is 0 Å². The molecule has 0 bridgehead atoms. The molecule has 5 heteroatoms. The van der Waals surface area contributed by atoms with E-state index >= 15 is 0 Å². The molecule has 0 aromatic heterocycles. The van der Waals surface area contributed by atoms with Gasteiger partial charge in [0.05, 0.1) is 6.61 Å². The van der Waals surface area contributed by atoms with E-state index in [2.05, 4.69) is 17.4 Å². The maximum Gasteiger partial charge on any atom is 0.108 e. The van der Waals surface area contributed by atoms with E-state index in [0.29, 0.717) is 0 Å². The Labute approximate surface area is 103 Å². The third-order valence-electron chi connectivity index (χ3n) is 2.22. The lowest BCUT2D eigenvalue weighted by atomic mass is 10.2. The van der Waals surface area contributed by atoms with Gasteiger partial charge in [-0.3, -0.25) is 10.9 Å². The standard InChI is InChI=1S/C12H25N3O2/c1-11(17)6-3-2-4-8-14-15-9-5-7-12(13)10-16/h3,6,12,14-17H,1-2,4-5,7-10,13H2/b6-3-. The summed E-state index contributed by atoms with van der Waals surface area (Å²) in [6, 6.07) is -0.103. The Kier molecular flexibility index (Phi) is 11.0. The summed E-state index contributed by atoms with van der Waals surface area (Å²) < 4.78 is 0. The summed E-state index contributed by atoms with van der Waals surface area (Å²) in [5.41, 5.74) is 11.7. The van der Waals surface area contributed by atoms with Gasteiger partial charge in [0.25, 0.3) is 0 Å². The number of aliphatic hydroxyl groups is 2. The molecule has 0 heterocycles. The second-order valence-electron chi connectivity index (χ2n) is 3.97. The summed E-state index contributed by atoms with van der Waals surface area (Å²) in [4.78, 5) is 0. The molecule has 0 aliphatic heterocycles. The first-order chi connectivity index (χ1) is 8.16. The number of hydrogen-bond donors (Lipinski definition) is 5. The van der Waals surface area contributed by atoms with Gasteiger partial charge in [-0.1, -0.05) is 12.7 Å². The van der Waals surface area contributed by atoms with Gasteiger partial charge in [-0.25, -0.2) is 0 Å². The fraction of sp³-hybridized carbons (Fsp3) is 0.667. The Bertz CT molecular complexity index is 220. The summed E-state index contributed by atoms with van der Waals surface area (Å²) in [6.45, 7) is 5.12. The van der Waals surface area contributed by atoms with Crippen LogP contribution in [0.3, 0.4) is 0 Å². The lowest BCUT2D eigenvalue weighted by molar-refractivity contribution is 0.257. The van der Waals surface area contributed by atoms with E-state index in [0.717, 1.165) is 38.8 Å². The van der Waals surface area contributed by atoms with Crippen LogP contribution in [0.2, 0.25) is 0 Å². The van der Waals surface area contributed by atoms with Crippen LogP contribution in [0.1, 0.15) is 25.7 Å². The number of nitrogens with two attached hydrogens (primary N) is 1. The van der Waals surface area contributed by atoms with Crippen molar-refractivity contribution in [3.63, 3.8) is 0 Å². The number of allylic oxidation sites excluding steroid dienone is 2. The first-order valence-corrected chi connectivity index (χ1v) is 6.03. The Morgan fingerprint density at radius 1 is 1.29 bits per heavy atom. The molecule has 6 N–H and O–H groups in total. The fourth-order valence-corrected chi connectivity index (χ4v) is 1.25. The van der Waals surface area contributed by atoms with Crippen molar-refractivity contribution in [3.05, 3.63) is 24.5 Å². The number of aliphatic hydroxyl groups excluding tert-OH is 2. The van der Waals surface area contributed by atoms with Crippen LogP contribution < -0.4 is 16.6 Å². The van der Waals surface area contributed by atoms with Gasteiger partial charge >= 0.3 is 0 Å². The molecule has 17 heavy (non-hydrogen) atoms.